The number of benzene rings is 3. The molecule has 3 aromatic carbocycles. The number of carbonyl (C=O) groups excluding carboxylic acids is 3. The monoisotopic (exact) mass is 400 g/mol. The van der Waals surface area contributed by atoms with Crippen molar-refractivity contribution in [1.29, 1.82) is 0 Å². The molecule has 1 N–H and O–H groups in total. The van der Waals surface area contributed by atoms with Crippen molar-refractivity contribution >= 4 is 34.1 Å². The first-order valence-corrected chi connectivity index (χ1v) is 10.3. The van der Waals surface area contributed by atoms with E-state index in [1.54, 1.807) is 4.90 Å². The highest BCUT2D eigenvalue weighted by molar-refractivity contribution is 6.01. The number of Topliss-reactive ketones (excluding diaryl/α,β-unsaturated/α-hetero) is 1. The first kappa shape index (κ1) is 19.8. The van der Waals surface area contributed by atoms with Crippen LogP contribution in [0.3, 0.4) is 0 Å². The molecule has 2 amide bonds. The van der Waals surface area contributed by atoms with E-state index < -0.39 is 0 Å². The lowest BCUT2D eigenvalue weighted by Gasteiger charge is -2.16. The number of rotatable bonds is 7. The van der Waals surface area contributed by atoms with Crippen LogP contribution in [0.25, 0.3) is 10.8 Å². The zero-order valence-corrected chi connectivity index (χ0v) is 16.8. The van der Waals surface area contributed by atoms with Gasteiger partial charge < -0.3 is 10.2 Å². The Labute approximate surface area is 175 Å². The lowest BCUT2D eigenvalue weighted by Crippen LogP contribution is -2.24. The number of hydrogen-bond donors (Lipinski definition) is 1. The largest absolute Gasteiger partial charge is 0.352 e. The highest BCUT2D eigenvalue weighted by Crippen LogP contribution is 2.21. The van der Waals surface area contributed by atoms with Crippen LogP contribution in [0.5, 0.6) is 0 Å². The summed E-state index contributed by atoms with van der Waals surface area (Å²) in [6.07, 6.45) is 1.84. The third-order valence-electron chi connectivity index (χ3n) is 5.46. The molecule has 1 saturated heterocycles. The van der Waals surface area contributed by atoms with Gasteiger partial charge in [-0.15, -0.1) is 0 Å². The van der Waals surface area contributed by atoms with Gasteiger partial charge in [-0.05, 0) is 41.0 Å². The Kier molecular flexibility index (Phi) is 5.89. The molecule has 5 heteroatoms. The van der Waals surface area contributed by atoms with E-state index >= 15 is 0 Å². The molecule has 1 fully saturated rings. The van der Waals surface area contributed by atoms with Crippen LogP contribution in [-0.2, 0) is 16.1 Å². The van der Waals surface area contributed by atoms with Gasteiger partial charge in [-0.1, -0.05) is 48.5 Å². The van der Waals surface area contributed by atoms with Crippen molar-refractivity contribution in [1.82, 2.24) is 5.32 Å². The van der Waals surface area contributed by atoms with Gasteiger partial charge in [0, 0.05) is 43.6 Å². The molecule has 0 aliphatic carbocycles. The van der Waals surface area contributed by atoms with E-state index in [4.69, 9.17) is 0 Å². The van der Waals surface area contributed by atoms with Crippen LogP contribution in [0.1, 0.15) is 41.6 Å². The van der Waals surface area contributed by atoms with Crippen LogP contribution >= 0.6 is 0 Å². The maximum Gasteiger partial charge on any atom is 0.227 e. The van der Waals surface area contributed by atoms with Gasteiger partial charge >= 0.3 is 0 Å². The van der Waals surface area contributed by atoms with Crippen LogP contribution in [-0.4, -0.2) is 24.1 Å². The second kappa shape index (κ2) is 8.91. The van der Waals surface area contributed by atoms with Crippen molar-refractivity contribution < 1.29 is 14.4 Å². The molecule has 0 atom stereocenters. The molecule has 0 radical (unpaired) electrons. The van der Waals surface area contributed by atoms with Crippen molar-refractivity contribution in [3.05, 3.63) is 77.9 Å². The zero-order valence-electron chi connectivity index (χ0n) is 16.8. The number of amides is 2. The highest BCUT2D eigenvalue weighted by atomic mass is 16.2. The number of ketones is 1. The quantitative estimate of drug-likeness (QED) is 0.603. The number of nitrogens with zero attached hydrogens (tertiary/aromatic N) is 1. The van der Waals surface area contributed by atoms with Crippen molar-refractivity contribution in [2.75, 3.05) is 11.4 Å². The fourth-order valence-corrected chi connectivity index (χ4v) is 3.74. The number of hydrogen-bond acceptors (Lipinski definition) is 3. The fourth-order valence-electron chi connectivity index (χ4n) is 3.74. The molecular weight excluding hydrogens is 376 g/mol. The number of fused-ring (bicyclic) bond motifs is 1. The molecule has 0 saturated carbocycles. The Morgan fingerprint density at radius 2 is 1.67 bits per heavy atom. The molecule has 4 rings (SSSR count). The predicted molar refractivity (Wildman–Crippen MR) is 117 cm³/mol. The molecule has 1 aliphatic rings. The minimum absolute atomic E-state index is 0.0319. The summed E-state index contributed by atoms with van der Waals surface area (Å²) < 4.78 is 0. The van der Waals surface area contributed by atoms with Crippen LogP contribution < -0.4 is 10.2 Å². The molecular formula is C25H24N2O3. The average Bonchev–Trinajstić information content (AvgIpc) is 3.21. The minimum Gasteiger partial charge on any atom is -0.352 e. The third kappa shape index (κ3) is 4.57. The predicted octanol–water partition coefficient (Wildman–Crippen LogP) is 4.25. The fraction of sp³-hybridized carbons (Fsp3) is 0.240. The number of nitrogens with one attached hydrogen (secondary N) is 1. The summed E-state index contributed by atoms with van der Waals surface area (Å²) >= 11 is 0. The smallest absolute Gasteiger partial charge is 0.227 e. The summed E-state index contributed by atoms with van der Waals surface area (Å²) in [4.78, 5) is 38.2. The van der Waals surface area contributed by atoms with E-state index in [1.165, 1.54) is 0 Å². The van der Waals surface area contributed by atoms with Gasteiger partial charge in [0.1, 0.15) is 0 Å². The van der Waals surface area contributed by atoms with E-state index in [-0.39, 0.29) is 30.4 Å². The molecule has 1 heterocycles. The summed E-state index contributed by atoms with van der Waals surface area (Å²) in [6, 6.07) is 21.2. The maximum atomic E-state index is 12.4. The van der Waals surface area contributed by atoms with Crippen LogP contribution in [0.4, 0.5) is 5.69 Å². The Balaban J connectivity index is 1.26. The normalized spacial score (nSPS) is 13.6. The van der Waals surface area contributed by atoms with Crippen LogP contribution in [0.2, 0.25) is 0 Å². The standard InChI is InChI=1S/C25H24N2O3/c28-23(21-10-9-19-4-1-2-5-20(19)16-21)13-14-24(29)26-17-18-7-11-22(12-8-18)27-15-3-6-25(27)30/h1-2,4-5,7-12,16H,3,6,13-15,17H2,(H,26,29). The van der Waals surface area contributed by atoms with E-state index in [1.807, 2.05) is 66.7 Å². The van der Waals surface area contributed by atoms with Gasteiger partial charge in [0.05, 0.1) is 0 Å². The second-order valence-electron chi connectivity index (χ2n) is 7.58. The van der Waals surface area contributed by atoms with E-state index in [0.717, 1.165) is 35.0 Å². The van der Waals surface area contributed by atoms with Gasteiger partial charge in [0.25, 0.3) is 0 Å². The van der Waals surface area contributed by atoms with Gasteiger partial charge in [-0.25, -0.2) is 0 Å². The molecule has 1 aliphatic heterocycles. The Morgan fingerprint density at radius 1 is 0.900 bits per heavy atom. The van der Waals surface area contributed by atoms with Crippen molar-refractivity contribution in [2.45, 2.75) is 32.2 Å². The third-order valence-corrected chi connectivity index (χ3v) is 5.46. The lowest BCUT2D eigenvalue weighted by molar-refractivity contribution is -0.121. The number of anilines is 1. The average molecular weight is 400 g/mol. The SMILES string of the molecule is O=C(CCC(=O)c1ccc2ccccc2c1)NCc1ccc(N2CCCC2=O)cc1. The molecule has 0 bridgehead atoms. The summed E-state index contributed by atoms with van der Waals surface area (Å²) in [5.41, 5.74) is 2.49. The molecule has 30 heavy (non-hydrogen) atoms. The van der Waals surface area contributed by atoms with Gasteiger partial charge in [0.15, 0.2) is 5.78 Å². The Morgan fingerprint density at radius 3 is 2.40 bits per heavy atom. The molecule has 152 valence electrons. The zero-order chi connectivity index (χ0) is 20.9. The molecule has 5 nitrogen and oxygen atoms in total. The highest BCUT2D eigenvalue weighted by Gasteiger charge is 2.21. The number of carbonyl (C=O) groups is 3. The van der Waals surface area contributed by atoms with Crippen molar-refractivity contribution in [3.63, 3.8) is 0 Å². The summed E-state index contributed by atoms with van der Waals surface area (Å²) in [6.45, 7) is 1.16. The van der Waals surface area contributed by atoms with E-state index in [0.29, 0.717) is 18.5 Å². The van der Waals surface area contributed by atoms with Gasteiger partial charge in [-0.2, -0.15) is 0 Å². The van der Waals surface area contributed by atoms with Gasteiger partial charge in [0.2, 0.25) is 11.8 Å². The van der Waals surface area contributed by atoms with Crippen molar-refractivity contribution in [2.24, 2.45) is 0 Å². The topological polar surface area (TPSA) is 66.5 Å². The molecule has 0 aromatic heterocycles. The second-order valence-corrected chi connectivity index (χ2v) is 7.58. The minimum atomic E-state index is -0.150. The lowest BCUT2D eigenvalue weighted by atomic mass is 10.0. The van der Waals surface area contributed by atoms with E-state index in [9.17, 15) is 14.4 Å². The summed E-state index contributed by atoms with van der Waals surface area (Å²) in [5, 5.41) is 4.97. The van der Waals surface area contributed by atoms with Crippen LogP contribution in [0.15, 0.2) is 66.7 Å². The van der Waals surface area contributed by atoms with Crippen molar-refractivity contribution in [3.8, 4) is 0 Å². The maximum absolute atomic E-state index is 12.4. The van der Waals surface area contributed by atoms with Crippen LogP contribution in [0, 0.1) is 0 Å². The Bertz CT molecular complexity index is 1090. The first-order valence-electron chi connectivity index (χ1n) is 10.3. The Hall–Kier alpha value is -3.47. The summed E-state index contributed by atoms with van der Waals surface area (Å²) in [5.74, 6) is -0.0226. The molecule has 0 spiro atoms. The van der Waals surface area contributed by atoms with Gasteiger partial charge in [-0.3, -0.25) is 14.4 Å². The molecule has 0 unspecified atom stereocenters. The molecule has 3 aromatic rings. The summed E-state index contributed by atoms with van der Waals surface area (Å²) in [7, 11) is 0. The van der Waals surface area contributed by atoms with E-state index in [2.05, 4.69) is 5.32 Å². The first-order chi connectivity index (χ1) is 14.6.